The van der Waals surface area contributed by atoms with Crippen molar-refractivity contribution in [3.63, 3.8) is 0 Å². The topological polar surface area (TPSA) is 75.6 Å². The first-order chi connectivity index (χ1) is 8.53. The molecule has 7 heteroatoms. The molecule has 0 saturated carbocycles. The SMILES string of the molecule is O=S1(=O)C=CC(NC(=S)OCCCCCCO)C1. The van der Waals surface area contributed by atoms with Crippen LogP contribution in [0.15, 0.2) is 11.5 Å². The molecule has 0 aromatic carbocycles. The normalized spacial score (nSPS) is 20.8. The van der Waals surface area contributed by atoms with Crippen LogP contribution < -0.4 is 5.32 Å². The Hall–Kier alpha value is -0.660. The smallest absolute Gasteiger partial charge is 0.257 e. The molecular formula is C11H19NO4S2. The van der Waals surface area contributed by atoms with Crippen molar-refractivity contribution < 1.29 is 18.3 Å². The van der Waals surface area contributed by atoms with Crippen molar-refractivity contribution >= 4 is 27.2 Å². The highest BCUT2D eigenvalue weighted by atomic mass is 32.2. The van der Waals surface area contributed by atoms with Crippen molar-refractivity contribution in [1.82, 2.24) is 5.32 Å². The maximum Gasteiger partial charge on any atom is 0.257 e. The number of aliphatic hydroxyl groups is 1. The predicted octanol–water partition coefficient (Wildman–Crippen LogP) is 0.741. The summed E-state index contributed by atoms with van der Waals surface area (Å²) in [7, 11) is -3.06. The number of nitrogens with one attached hydrogen (secondary N) is 1. The van der Waals surface area contributed by atoms with Gasteiger partial charge < -0.3 is 15.2 Å². The van der Waals surface area contributed by atoms with Gasteiger partial charge in [0.25, 0.3) is 5.17 Å². The molecule has 5 nitrogen and oxygen atoms in total. The van der Waals surface area contributed by atoms with E-state index in [1.807, 2.05) is 0 Å². The minimum absolute atomic E-state index is 0.0347. The summed E-state index contributed by atoms with van der Waals surface area (Å²) in [5, 5.41) is 12.9. The third-order valence-corrected chi connectivity index (χ3v) is 4.15. The van der Waals surface area contributed by atoms with Gasteiger partial charge in [-0.3, -0.25) is 0 Å². The number of thiocarbonyl (C=S) groups is 1. The Morgan fingerprint density at radius 1 is 1.39 bits per heavy atom. The molecule has 1 heterocycles. The number of hydrogen-bond acceptors (Lipinski definition) is 5. The number of aliphatic hydroxyl groups excluding tert-OH is 1. The molecule has 2 N–H and O–H groups in total. The molecule has 18 heavy (non-hydrogen) atoms. The second-order valence-corrected chi connectivity index (χ2v) is 6.48. The van der Waals surface area contributed by atoms with E-state index >= 15 is 0 Å². The van der Waals surface area contributed by atoms with Gasteiger partial charge in [-0.25, -0.2) is 8.42 Å². The van der Waals surface area contributed by atoms with E-state index in [1.165, 1.54) is 5.41 Å². The molecule has 0 aromatic rings. The summed E-state index contributed by atoms with van der Waals surface area (Å²) >= 11 is 4.96. The summed E-state index contributed by atoms with van der Waals surface area (Å²) in [5.74, 6) is 0.0347. The highest BCUT2D eigenvalue weighted by Crippen LogP contribution is 2.08. The monoisotopic (exact) mass is 293 g/mol. The Morgan fingerprint density at radius 3 is 2.72 bits per heavy atom. The molecular weight excluding hydrogens is 274 g/mol. The molecule has 1 aliphatic heterocycles. The molecule has 0 aromatic heterocycles. The predicted molar refractivity (Wildman–Crippen MR) is 74.0 cm³/mol. The maximum absolute atomic E-state index is 11.2. The van der Waals surface area contributed by atoms with Crippen LogP contribution in [0.4, 0.5) is 0 Å². The van der Waals surface area contributed by atoms with Crippen molar-refractivity contribution in [2.75, 3.05) is 19.0 Å². The van der Waals surface area contributed by atoms with Gasteiger partial charge in [0, 0.05) is 12.0 Å². The minimum atomic E-state index is -3.06. The summed E-state index contributed by atoms with van der Waals surface area (Å²) in [5.41, 5.74) is 0. The summed E-state index contributed by atoms with van der Waals surface area (Å²) in [6.07, 6.45) is 5.23. The Bertz CT molecular complexity index is 392. The van der Waals surface area contributed by atoms with Crippen LogP contribution in [-0.2, 0) is 14.6 Å². The Morgan fingerprint density at radius 2 is 2.11 bits per heavy atom. The van der Waals surface area contributed by atoms with Gasteiger partial charge in [0.2, 0.25) is 0 Å². The second kappa shape index (κ2) is 7.70. The number of ether oxygens (including phenoxy) is 1. The van der Waals surface area contributed by atoms with E-state index in [1.54, 1.807) is 6.08 Å². The van der Waals surface area contributed by atoms with E-state index in [9.17, 15) is 8.42 Å². The van der Waals surface area contributed by atoms with Gasteiger partial charge >= 0.3 is 0 Å². The first-order valence-corrected chi connectivity index (χ1v) is 8.11. The van der Waals surface area contributed by atoms with Crippen LogP contribution in [0.1, 0.15) is 25.7 Å². The van der Waals surface area contributed by atoms with Gasteiger partial charge in [-0.15, -0.1) is 0 Å². The Kier molecular flexibility index (Phi) is 6.59. The highest BCUT2D eigenvalue weighted by Gasteiger charge is 2.22. The van der Waals surface area contributed by atoms with Crippen LogP contribution in [-0.4, -0.2) is 43.7 Å². The van der Waals surface area contributed by atoms with Crippen molar-refractivity contribution in [3.05, 3.63) is 11.5 Å². The van der Waals surface area contributed by atoms with Crippen LogP contribution in [0.2, 0.25) is 0 Å². The van der Waals surface area contributed by atoms with Crippen molar-refractivity contribution in [2.24, 2.45) is 0 Å². The lowest BCUT2D eigenvalue weighted by atomic mass is 10.2. The lowest BCUT2D eigenvalue weighted by Crippen LogP contribution is -2.35. The van der Waals surface area contributed by atoms with Crippen LogP contribution in [0.3, 0.4) is 0 Å². The Labute approximate surface area is 113 Å². The lowest BCUT2D eigenvalue weighted by molar-refractivity contribution is 0.267. The van der Waals surface area contributed by atoms with Crippen LogP contribution in [0.5, 0.6) is 0 Å². The van der Waals surface area contributed by atoms with E-state index in [0.29, 0.717) is 6.61 Å². The molecule has 0 spiro atoms. The first-order valence-electron chi connectivity index (χ1n) is 5.98. The molecule has 0 bridgehead atoms. The first kappa shape index (κ1) is 15.4. The maximum atomic E-state index is 11.2. The van der Waals surface area contributed by atoms with Crippen LogP contribution in [0, 0.1) is 0 Å². The number of rotatable bonds is 7. The third-order valence-electron chi connectivity index (χ3n) is 2.52. The van der Waals surface area contributed by atoms with Crippen molar-refractivity contribution in [3.8, 4) is 0 Å². The number of sulfone groups is 1. The molecule has 1 rings (SSSR count). The summed E-state index contributed by atoms with van der Waals surface area (Å²) < 4.78 is 27.6. The molecule has 1 unspecified atom stereocenters. The average molecular weight is 293 g/mol. The van der Waals surface area contributed by atoms with Gasteiger partial charge in [0.15, 0.2) is 9.84 Å². The highest BCUT2D eigenvalue weighted by molar-refractivity contribution is 7.94. The molecule has 0 aliphatic carbocycles. The van der Waals surface area contributed by atoms with Gasteiger partial charge in [-0.1, -0.05) is 6.42 Å². The number of unbranched alkanes of at least 4 members (excludes halogenated alkanes) is 3. The van der Waals surface area contributed by atoms with E-state index in [2.05, 4.69) is 5.32 Å². The van der Waals surface area contributed by atoms with Crippen molar-refractivity contribution in [1.29, 1.82) is 0 Å². The molecule has 1 atom stereocenters. The molecule has 104 valence electrons. The standard InChI is InChI=1S/C11H19NO4S2/c13-6-3-1-2-4-7-16-11(17)12-10-5-8-18(14,15)9-10/h5,8,10,13H,1-4,6-7,9H2,(H,12,17). The molecule has 1 aliphatic rings. The van der Waals surface area contributed by atoms with Crippen molar-refractivity contribution in [2.45, 2.75) is 31.7 Å². The van der Waals surface area contributed by atoms with E-state index in [-0.39, 0.29) is 23.6 Å². The van der Waals surface area contributed by atoms with Gasteiger partial charge in [0.1, 0.15) is 0 Å². The zero-order valence-electron chi connectivity index (χ0n) is 10.2. The average Bonchev–Trinajstić information content (AvgIpc) is 2.63. The zero-order chi connectivity index (χ0) is 13.4. The van der Waals surface area contributed by atoms with Gasteiger partial charge in [-0.2, -0.15) is 0 Å². The zero-order valence-corrected chi connectivity index (χ0v) is 11.8. The lowest BCUT2D eigenvalue weighted by Gasteiger charge is -2.13. The van der Waals surface area contributed by atoms with Gasteiger partial charge in [0.05, 0.1) is 18.4 Å². The molecule has 0 fully saturated rings. The quantitative estimate of drug-likeness (QED) is 0.533. The summed E-state index contributed by atoms with van der Waals surface area (Å²) in [6.45, 7) is 0.740. The molecule has 0 radical (unpaired) electrons. The fraction of sp³-hybridized carbons (Fsp3) is 0.727. The fourth-order valence-corrected chi connectivity index (χ4v) is 3.06. The summed E-state index contributed by atoms with van der Waals surface area (Å²) in [6, 6.07) is -0.281. The van der Waals surface area contributed by atoms with Crippen LogP contribution in [0.25, 0.3) is 0 Å². The molecule has 0 amide bonds. The Balaban J connectivity index is 2.06. The van der Waals surface area contributed by atoms with E-state index in [0.717, 1.165) is 25.7 Å². The molecule has 0 saturated heterocycles. The fourth-order valence-electron chi connectivity index (χ4n) is 1.59. The van der Waals surface area contributed by atoms with Gasteiger partial charge in [-0.05, 0) is 37.6 Å². The second-order valence-electron chi connectivity index (χ2n) is 4.18. The van der Waals surface area contributed by atoms with E-state index < -0.39 is 9.84 Å². The largest absolute Gasteiger partial charge is 0.471 e. The van der Waals surface area contributed by atoms with Crippen LogP contribution >= 0.6 is 12.2 Å². The third kappa shape index (κ3) is 6.32. The number of hydrogen-bond donors (Lipinski definition) is 2. The van der Waals surface area contributed by atoms with E-state index in [4.69, 9.17) is 22.1 Å². The summed E-state index contributed by atoms with van der Waals surface area (Å²) in [4.78, 5) is 0. The minimum Gasteiger partial charge on any atom is -0.471 e.